The van der Waals surface area contributed by atoms with Crippen LogP contribution in [0.5, 0.6) is 0 Å². The second kappa shape index (κ2) is 5.08. The number of benzene rings is 1. The second-order valence-electron chi connectivity index (χ2n) is 4.06. The van der Waals surface area contributed by atoms with Crippen LogP contribution in [0.2, 0.25) is 0 Å². The van der Waals surface area contributed by atoms with Crippen molar-refractivity contribution in [2.75, 3.05) is 5.73 Å². The number of anilines is 1. The normalized spacial score (nSPS) is 10.4. The summed E-state index contributed by atoms with van der Waals surface area (Å²) in [6.45, 7) is 5.16. The summed E-state index contributed by atoms with van der Waals surface area (Å²) in [4.78, 5) is 22.6. The van der Waals surface area contributed by atoms with Crippen LogP contribution in [-0.4, -0.2) is 22.2 Å². The molecule has 1 aromatic carbocycles. The van der Waals surface area contributed by atoms with Crippen molar-refractivity contribution in [3.05, 3.63) is 27.8 Å². The van der Waals surface area contributed by atoms with Gasteiger partial charge >= 0.3 is 11.9 Å². The van der Waals surface area contributed by atoms with E-state index < -0.39 is 11.9 Å². The molecule has 0 saturated carbocycles. The Morgan fingerprint density at radius 1 is 1.00 bits per heavy atom. The molecule has 0 aliphatic rings. The number of carboxylic acids is 2. The summed E-state index contributed by atoms with van der Waals surface area (Å²) in [6.07, 6.45) is 0.804. The first-order valence-corrected chi connectivity index (χ1v) is 5.77. The van der Waals surface area contributed by atoms with E-state index in [0.29, 0.717) is 29.5 Å². The van der Waals surface area contributed by atoms with Crippen LogP contribution in [0.3, 0.4) is 0 Å². The predicted molar refractivity (Wildman–Crippen MR) is 68.3 cm³/mol. The number of carbonyl (C=O) groups is 2. The lowest BCUT2D eigenvalue weighted by Gasteiger charge is -2.18. The number of aromatic carboxylic acids is 2. The summed E-state index contributed by atoms with van der Waals surface area (Å²) < 4.78 is 0. The summed E-state index contributed by atoms with van der Waals surface area (Å²) in [5.41, 5.74) is 7.50. The molecule has 0 unspecified atom stereocenters. The van der Waals surface area contributed by atoms with Crippen molar-refractivity contribution in [2.24, 2.45) is 0 Å². The maximum absolute atomic E-state index is 11.4. The van der Waals surface area contributed by atoms with Crippen molar-refractivity contribution >= 4 is 17.6 Å². The highest BCUT2D eigenvalue weighted by Gasteiger charge is 2.25. The zero-order chi connectivity index (χ0) is 14.0. The highest BCUT2D eigenvalue weighted by atomic mass is 16.4. The van der Waals surface area contributed by atoms with Crippen molar-refractivity contribution < 1.29 is 19.8 Å². The standard InChI is InChI=1S/C13H17NO4/c1-4-7-9(12(15)16)6(3)11(14)8(5-2)10(7)13(17)18/h4-5,14H2,1-3H3,(H,15,16)(H,17,18). The summed E-state index contributed by atoms with van der Waals surface area (Å²) in [5, 5.41) is 18.5. The van der Waals surface area contributed by atoms with Gasteiger partial charge in [-0.25, -0.2) is 9.59 Å². The van der Waals surface area contributed by atoms with Gasteiger partial charge in [0.05, 0.1) is 11.1 Å². The minimum Gasteiger partial charge on any atom is -0.478 e. The Balaban J connectivity index is 3.88. The third-order valence-corrected chi connectivity index (χ3v) is 3.14. The van der Waals surface area contributed by atoms with E-state index in [1.807, 2.05) is 0 Å². The average Bonchev–Trinajstić information content (AvgIpc) is 2.30. The molecular formula is C13H17NO4. The van der Waals surface area contributed by atoms with Crippen molar-refractivity contribution in [3.8, 4) is 0 Å². The SMILES string of the molecule is CCc1c(N)c(C)c(C(=O)O)c(CC)c1C(=O)O. The van der Waals surface area contributed by atoms with Crippen LogP contribution in [-0.2, 0) is 12.8 Å². The topological polar surface area (TPSA) is 101 Å². The molecule has 1 rings (SSSR count). The summed E-state index contributed by atoms with van der Waals surface area (Å²) >= 11 is 0. The fourth-order valence-corrected chi connectivity index (χ4v) is 2.30. The fourth-order valence-electron chi connectivity index (χ4n) is 2.30. The number of nitrogen functional groups attached to an aromatic ring is 1. The lowest BCUT2D eigenvalue weighted by molar-refractivity contribution is 0.0694. The van der Waals surface area contributed by atoms with Crippen LogP contribution < -0.4 is 5.73 Å². The molecule has 4 N–H and O–H groups in total. The van der Waals surface area contributed by atoms with E-state index in [-0.39, 0.29) is 16.8 Å². The Morgan fingerprint density at radius 2 is 1.44 bits per heavy atom. The Hall–Kier alpha value is -2.04. The minimum atomic E-state index is -1.14. The van der Waals surface area contributed by atoms with Crippen LogP contribution in [0.1, 0.15) is 51.3 Å². The minimum absolute atomic E-state index is 0.0181. The van der Waals surface area contributed by atoms with Gasteiger partial charge in [0, 0.05) is 5.69 Å². The maximum Gasteiger partial charge on any atom is 0.336 e. The maximum atomic E-state index is 11.4. The smallest absolute Gasteiger partial charge is 0.336 e. The Labute approximate surface area is 105 Å². The first-order valence-electron chi connectivity index (χ1n) is 5.77. The Morgan fingerprint density at radius 3 is 1.78 bits per heavy atom. The van der Waals surface area contributed by atoms with Crippen LogP contribution in [0.15, 0.2) is 0 Å². The van der Waals surface area contributed by atoms with Gasteiger partial charge in [0.15, 0.2) is 0 Å². The lowest BCUT2D eigenvalue weighted by Crippen LogP contribution is -2.17. The van der Waals surface area contributed by atoms with Gasteiger partial charge in [-0.05, 0) is 36.5 Å². The van der Waals surface area contributed by atoms with Gasteiger partial charge in [-0.1, -0.05) is 13.8 Å². The van der Waals surface area contributed by atoms with Gasteiger partial charge < -0.3 is 15.9 Å². The molecule has 0 aromatic heterocycles. The molecule has 0 saturated heterocycles. The van der Waals surface area contributed by atoms with Crippen LogP contribution in [0.25, 0.3) is 0 Å². The molecular weight excluding hydrogens is 234 g/mol. The predicted octanol–water partition coefficient (Wildman–Crippen LogP) is 2.10. The summed E-state index contributed by atoms with van der Waals surface area (Å²) in [5.74, 6) is -2.26. The van der Waals surface area contributed by atoms with E-state index in [2.05, 4.69) is 0 Å². The van der Waals surface area contributed by atoms with Gasteiger partial charge in [-0.15, -0.1) is 0 Å². The molecule has 0 spiro atoms. The van der Waals surface area contributed by atoms with Crippen LogP contribution in [0.4, 0.5) is 5.69 Å². The molecule has 0 aliphatic heterocycles. The number of nitrogens with two attached hydrogens (primary N) is 1. The molecule has 5 heteroatoms. The van der Waals surface area contributed by atoms with Gasteiger partial charge in [-0.2, -0.15) is 0 Å². The zero-order valence-electron chi connectivity index (χ0n) is 10.7. The molecule has 1 aromatic rings. The summed E-state index contributed by atoms with van der Waals surface area (Å²) in [7, 11) is 0. The van der Waals surface area contributed by atoms with Crippen LogP contribution >= 0.6 is 0 Å². The van der Waals surface area contributed by atoms with E-state index in [1.54, 1.807) is 20.8 Å². The van der Waals surface area contributed by atoms with Crippen molar-refractivity contribution in [2.45, 2.75) is 33.6 Å². The molecule has 0 radical (unpaired) electrons. The zero-order valence-corrected chi connectivity index (χ0v) is 10.7. The molecule has 0 bridgehead atoms. The number of hydrogen-bond acceptors (Lipinski definition) is 3. The highest BCUT2D eigenvalue weighted by molar-refractivity contribution is 6.01. The lowest BCUT2D eigenvalue weighted by atomic mass is 9.87. The summed E-state index contributed by atoms with van der Waals surface area (Å²) in [6, 6.07) is 0. The van der Waals surface area contributed by atoms with Gasteiger partial charge in [0.1, 0.15) is 0 Å². The first-order chi connectivity index (χ1) is 8.36. The highest BCUT2D eigenvalue weighted by Crippen LogP contribution is 2.31. The van der Waals surface area contributed by atoms with E-state index in [9.17, 15) is 19.8 Å². The van der Waals surface area contributed by atoms with Gasteiger partial charge in [-0.3, -0.25) is 0 Å². The molecule has 98 valence electrons. The van der Waals surface area contributed by atoms with E-state index in [0.717, 1.165) is 0 Å². The van der Waals surface area contributed by atoms with E-state index >= 15 is 0 Å². The molecule has 18 heavy (non-hydrogen) atoms. The largest absolute Gasteiger partial charge is 0.478 e. The molecule has 0 atom stereocenters. The number of carboxylic acid groups (broad SMARTS) is 2. The Bertz CT molecular complexity index is 520. The molecule has 0 fully saturated rings. The molecule has 0 aliphatic carbocycles. The van der Waals surface area contributed by atoms with Crippen LogP contribution in [0, 0.1) is 6.92 Å². The second-order valence-corrected chi connectivity index (χ2v) is 4.06. The quantitative estimate of drug-likeness (QED) is 0.711. The molecule has 0 heterocycles. The first kappa shape index (κ1) is 14.0. The third-order valence-electron chi connectivity index (χ3n) is 3.14. The third kappa shape index (κ3) is 2.03. The number of rotatable bonds is 4. The molecule has 0 amide bonds. The van der Waals surface area contributed by atoms with E-state index in [1.165, 1.54) is 0 Å². The van der Waals surface area contributed by atoms with Gasteiger partial charge in [0.25, 0.3) is 0 Å². The molecule has 5 nitrogen and oxygen atoms in total. The van der Waals surface area contributed by atoms with Gasteiger partial charge in [0.2, 0.25) is 0 Å². The van der Waals surface area contributed by atoms with E-state index in [4.69, 9.17) is 5.73 Å². The fraction of sp³-hybridized carbons (Fsp3) is 0.385. The Kier molecular flexibility index (Phi) is 3.96. The monoisotopic (exact) mass is 251 g/mol. The van der Waals surface area contributed by atoms with Crippen molar-refractivity contribution in [3.63, 3.8) is 0 Å². The van der Waals surface area contributed by atoms with Crippen molar-refractivity contribution in [1.82, 2.24) is 0 Å². The number of hydrogen-bond donors (Lipinski definition) is 3. The van der Waals surface area contributed by atoms with Crippen molar-refractivity contribution in [1.29, 1.82) is 0 Å². The average molecular weight is 251 g/mol.